The Hall–Kier alpha value is -3.89. The van der Waals surface area contributed by atoms with E-state index >= 15 is 0 Å². The van der Waals surface area contributed by atoms with E-state index < -0.39 is 12.4 Å². The summed E-state index contributed by atoms with van der Waals surface area (Å²) in [5.41, 5.74) is 3.81. The number of hydrogen-bond donors (Lipinski definition) is 1. The molecule has 1 N–H and O–H groups in total. The van der Waals surface area contributed by atoms with Crippen LogP contribution in [0.1, 0.15) is 23.4 Å². The number of rotatable bonds is 6. The minimum absolute atomic E-state index is 0.0558. The third kappa shape index (κ3) is 3.55. The number of nitro benzene ring substituents is 1. The molecule has 0 fully saturated rings. The van der Waals surface area contributed by atoms with E-state index in [9.17, 15) is 14.7 Å². The molecule has 2 heterocycles. The molecule has 0 bridgehead atoms. The second kappa shape index (κ2) is 8.33. The van der Waals surface area contributed by atoms with Crippen molar-refractivity contribution in [2.24, 2.45) is 5.10 Å². The average molecular weight is 448 g/mol. The van der Waals surface area contributed by atoms with Gasteiger partial charge in [0, 0.05) is 40.5 Å². The lowest BCUT2D eigenvalue weighted by atomic mass is 10.2. The van der Waals surface area contributed by atoms with Crippen LogP contribution in [0.4, 0.5) is 11.4 Å². The average Bonchev–Trinajstić information content (AvgIpc) is 3.05. The van der Waals surface area contributed by atoms with Gasteiger partial charge in [-0.05, 0) is 38.1 Å². The number of nitrogens with one attached hydrogen (secondary N) is 1. The van der Waals surface area contributed by atoms with Crippen LogP contribution in [0.15, 0.2) is 59.7 Å². The maximum Gasteiger partial charge on any atom is 0.307 e. The predicted octanol–water partition coefficient (Wildman–Crippen LogP) is 4.50. The molecule has 0 amide bonds. The second-order valence-electron chi connectivity index (χ2n) is 7.34. The molecule has 32 heavy (non-hydrogen) atoms. The van der Waals surface area contributed by atoms with E-state index in [2.05, 4.69) is 16.3 Å². The Morgan fingerprint density at radius 1 is 1.12 bits per heavy atom. The Kier molecular flexibility index (Phi) is 5.56. The summed E-state index contributed by atoms with van der Waals surface area (Å²) in [6, 6.07) is 17.6. The lowest BCUT2D eigenvalue weighted by molar-refractivity contribution is -0.384. The highest BCUT2D eigenvalue weighted by molar-refractivity contribution is 7.71. The summed E-state index contributed by atoms with van der Waals surface area (Å²) >= 11 is 0. The third-order valence-corrected chi connectivity index (χ3v) is 8.09. The van der Waals surface area contributed by atoms with Crippen LogP contribution in [0.5, 0.6) is 0 Å². The topological polar surface area (TPSA) is 117 Å². The second-order valence-corrected chi connectivity index (χ2v) is 9.63. The minimum Gasteiger partial charge on any atom is -0.317 e. The van der Waals surface area contributed by atoms with Crippen LogP contribution < -0.4 is 10.4 Å². The van der Waals surface area contributed by atoms with Gasteiger partial charge in [-0.15, -0.1) is 0 Å². The van der Waals surface area contributed by atoms with Crippen LogP contribution >= 0.6 is 7.44 Å². The number of aromatic nitrogens is 1. The van der Waals surface area contributed by atoms with Crippen molar-refractivity contribution in [2.45, 2.75) is 20.3 Å². The highest BCUT2D eigenvalue weighted by atomic mass is 31.2. The summed E-state index contributed by atoms with van der Waals surface area (Å²) < 4.78 is 18.0. The lowest BCUT2D eigenvalue weighted by Gasteiger charge is -2.33. The van der Waals surface area contributed by atoms with Gasteiger partial charge in [0.2, 0.25) is 0 Å². The van der Waals surface area contributed by atoms with Crippen molar-refractivity contribution in [3.63, 3.8) is 0 Å². The summed E-state index contributed by atoms with van der Waals surface area (Å²) in [4.78, 5) is 10.5. The number of benzene rings is 2. The summed E-state index contributed by atoms with van der Waals surface area (Å²) in [5.74, 6) is 0. The summed E-state index contributed by atoms with van der Waals surface area (Å²) in [5, 5.41) is 28.2. The number of nitrogens with zero attached hydrogens (tertiary/aromatic N) is 5. The Morgan fingerprint density at radius 2 is 1.81 bits per heavy atom. The highest BCUT2D eigenvalue weighted by Crippen LogP contribution is 2.53. The molecule has 0 radical (unpaired) electrons. The van der Waals surface area contributed by atoms with Crippen molar-refractivity contribution >= 4 is 30.3 Å². The first-order chi connectivity index (χ1) is 15.4. The van der Waals surface area contributed by atoms with Gasteiger partial charge in [-0.2, -0.15) is 10.4 Å². The molecule has 3 aromatic rings. The van der Waals surface area contributed by atoms with Crippen molar-refractivity contribution in [3.05, 3.63) is 81.7 Å². The zero-order chi connectivity index (χ0) is 22.9. The van der Waals surface area contributed by atoms with Gasteiger partial charge in [-0.3, -0.25) is 14.7 Å². The Labute approximate surface area is 185 Å². The van der Waals surface area contributed by atoms with Gasteiger partial charge in [0.1, 0.15) is 0 Å². The first kappa shape index (κ1) is 21.3. The molecule has 9 nitrogen and oxygen atoms in total. The number of non-ortho nitro benzene ring substituents is 1. The first-order valence-corrected chi connectivity index (χ1v) is 11.6. The number of hydrazone groups is 1. The van der Waals surface area contributed by atoms with Crippen molar-refractivity contribution in [3.8, 4) is 11.8 Å². The van der Waals surface area contributed by atoms with Crippen molar-refractivity contribution in [2.75, 3.05) is 11.6 Å². The van der Waals surface area contributed by atoms with Crippen LogP contribution in [0, 0.1) is 35.3 Å². The zero-order valence-corrected chi connectivity index (χ0v) is 18.5. The van der Waals surface area contributed by atoms with Crippen LogP contribution in [0.2, 0.25) is 0 Å². The monoisotopic (exact) mass is 448 g/mol. The number of fused-ring (bicyclic) bond motifs is 1. The molecule has 0 aliphatic carbocycles. The van der Waals surface area contributed by atoms with Gasteiger partial charge in [0.05, 0.1) is 35.5 Å². The van der Waals surface area contributed by atoms with Crippen molar-refractivity contribution in [1.82, 2.24) is 9.35 Å². The van der Waals surface area contributed by atoms with Crippen molar-refractivity contribution in [1.29, 1.82) is 5.26 Å². The molecule has 0 unspecified atom stereocenters. The van der Waals surface area contributed by atoms with E-state index in [0.717, 1.165) is 22.6 Å². The molecule has 162 valence electrons. The normalized spacial score (nSPS) is 17.0. The number of para-hydroxylation sites is 1. The summed E-state index contributed by atoms with van der Waals surface area (Å²) in [6.07, 6.45) is 1.83. The molecule has 1 atom stereocenters. The number of nitro groups is 1. The Balaban J connectivity index is 1.85. The fourth-order valence-corrected chi connectivity index (χ4v) is 6.57. The molecule has 2 aromatic carbocycles. The molecule has 1 aliphatic rings. The van der Waals surface area contributed by atoms with Crippen LogP contribution in [-0.4, -0.2) is 27.0 Å². The Morgan fingerprint density at radius 3 is 2.44 bits per heavy atom. The molecular weight excluding hydrogens is 427 g/mol. The molecular formula is C22H21N6O3P. The Bertz CT molecular complexity index is 1290. The van der Waals surface area contributed by atoms with E-state index in [1.807, 2.05) is 48.7 Å². The van der Waals surface area contributed by atoms with Gasteiger partial charge < -0.3 is 9.65 Å². The number of hydrogen-bond acceptors (Lipinski definition) is 5. The standard InChI is InChI=1S/C22H21N6O3P/c1-16-21-15-24-26(14-6-13-23)32(31,25-18-9-11-20(12-10-18)28(29)30)22(21)17(2)27(16)19-7-4-3-5-8-19/h3-5,7-12,15H,6,14H2,1-2H3,(H,25,31)/t32-/m0/s1. The van der Waals surface area contributed by atoms with Gasteiger partial charge in [-0.1, -0.05) is 18.2 Å². The summed E-state index contributed by atoms with van der Waals surface area (Å²) in [6.45, 7) is 4.04. The smallest absolute Gasteiger partial charge is 0.307 e. The van der Waals surface area contributed by atoms with Crippen LogP contribution in [-0.2, 0) is 4.57 Å². The SMILES string of the molecule is Cc1c2c(c(C)n1-c1ccccc1)[P@](=O)(Nc1ccc([N+](=O)[O-])cc1)N(CCC#N)N=C2. The van der Waals surface area contributed by atoms with E-state index in [1.165, 1.54) is 29.0 Å². The van der Waals surface area contributed by atoms with Gasteiger partial charge in [0.25, 0.3) is 5.69 Å². The maximum absolute atomic E-state index is 14.5. The van der Waals surface area contributed by atoms with Gasteiger partial charge in [-0.25, -0.2) is 4.78 Å². The highest BCUT2D eigenvalue weighted by Gasteiger charge is 2.41. The molecule has 0 saturated carbocycles. The fraction of sp³-hybridized carbons (Fsp3) is 0.182. The number of anilines is 1. The molecule has 4 rings (SSSR count). The largest absolute Gasteiger partial charge is 0.317 e. The first-order valence-electron chi connectivity index (χ1n) is 9.96. The van der Waals surface area contributed by atoms with Gasteiger partial charge in [0.15, 0.2) is 0 Å². The van der Waals surface area contributed by atoms with Crippen LogP contribution in [0.3, 0.4) is 0 Å². The van der Waals surface area contributed by atoms with E-state index in [4.69, 9.17) is 5.26 Å². The van der Waals surface area contributed by atoms with Gasteiger partial charge >= 0.3 is 7.44 Å². The number of nitriles is 1. The quantitative estimate of drug-likeness (QED) is 0.337. The zero-order valence-electron chi connectivity index (χ0n) is 17.6. The molecule has 0 saturated heterocycles. The molecule has 10 heteroatoms. The minimum atomic E-state index is -3.52. The molecule has 0 spiro atoms. The maximum atomic E-state index is 14.5. The van der Waals surface area contributed by atoms with Crippen LogP contribution in [0.25, 0.3) is 5.69 Å². The summed E-state index contributed by atoms with van der Waals surface area (Å²) in [7, 11) is -3.52. The van der Waals surface area contributed by atoms with E-state index in [1.54, 1.807) is 6.21 Å². The van der Waals surface area contributed by atoms with E-state index in [0.29, 0.717) is 11.0 Å². The van der Waals surface area contributed by atoms with Crippen molar-refractivity contribution < 1.29 is 9.49 Å². The molecule has 1 aromatic heterocycles. The molecule has 1 aliphatic heterocycles. The third-order valence-electron chi connectivity index (χ3n) is 5.40. The lowest BCUT2D eigenvalue weighted by Crippen LogP contribution is -2.33. The fourth-order valence-electron chi connectivity index (χ4n) is 3.95. The van der Waals surface area contributed by atoms with E-state index in [-0.39, 0.29) is 18.7 Å². The predicted molar refractivity (Wildman–Crippen MR) is 124 cm³/mol.